The van der Waals surface area contributed by atoms with Gasteiger partial charge in [-0.1, -0.05) is 0 Å². The van der Waals surface area contributed by atoms with Crippen LogP contribution in [0.2, 0.25) is 0 Å². The molecule has 0 unspecified atom stereocenters. The average Bonchev–Trinajstić information content (AvgIpc) is 2.52. The molecule has 1 N–H and O–H groups in total. The van der Waals surface area contributed by atoms with Gasteiger partial charge in [0.1, 0.15) is 0 Å². The van der Waals surface area contributed by atoms with Crippen molar-refractivity contribution in [2.75, 3.05) is 0 Å². The molecule has 2 aromatic carbocycles. The number of hydrogen-bond donors (Lipinski definition) is 1. The molecule has 0 saturated carbocycles. The molecule has 2 aromatic rings. The van der Waals surface area contributed by atoms with E-state index < -0.39 is 40.5 Å². The Morgan fingerprint density at radius 3 is 1.67 bits per heavy atom. The second-order valence-corrected chi connectivity index (χ2v) is 10.2. The number of nitro groups is 2. The van der Waals surface area contributed by atoms with E-state index in [-0.39, 0.29) is 18.5 Å². The second kappa shape index (κ2) is 7.16. The van der Waals surface area contributed by atoms with Gasteiger partial charge >= 0.3 is 143 Å². The standard InChI is InChI=1S/C12H9IN2O8S/c16-14(17)11-5-1-3-9(7-11)13(23-24(20,21)22)10-4-2-6-12(8-10)15(18)19/h1-8H,(H,20,21,22). The third-order valence-corrected chi connectivity index (χ3v) is 8.91. The Kier molecular flexibility index (Phi) is 5.43. The summed E-state index contributed by atoms with van der Waals surface area (Å²) in [6.45, 7) is 0. The van der Waals surface area contributed by atoms with Crippen LogP contribution >= 0.6 is 20.2 Å². The molecule has 0 bridgehead atoms. The van der Waals surface area contributed by atoms with E-state index in [4.69, 9.17) is 7.07 Å². The zero-order valence-corrected chi connectivity index (χ0v) is 14.6. The molecule has 0 spiro atoms. The van der Waals surface area contributed by atoms with Crippen molar-refractivity contribution in [1.29, 1.82) is 0 Å². The van der Waals surface area contributed by atoms with E-state index in [2.05, 4.69) is 0 Å². The van der Waals surface area contributed by atoms with Gasteiger partial charge in [0.05, 0.1) is 0 Å². The summed E-state index contributed by atoms with van der Waals surface area (Å²) in [5, 5.41) is 21.7. The number of rotatable bonds is 6. The third kappa shape index (κ3) is 4.67. The first-order valence-corrected chi connectivity index (χ1v) is 10.4. The average molecular weight is 468 g/mol. The molecule has 0 amide bonds. The van der Waals surface area contributed by atoms with Gasteiger partial charge in [-0.15, -0.1) is 0 Å². The van der Waals surface area contributed by atoms with Crippen LogP contribution in [0.3, 0.4) is 0 Å². The van der Waals surface area contributed by atoms with E-state index in [1.165, 1.54) is 36.4 Å². The number of non-ortho nitro benzene ring substituents is 2. The molecule has 0 aliphatic heterocycles. The van der Waals surface area contributed by atoms with Crippen molar-refractivity contribution < 1.29 is 25.3 Å². The van der Waals surface area contributed by atoms with Gasteiger partial charge in [0, 0.05) is 0 Å². The van der Waals surface area contributed by atoms with E-state index in [9.17, 15) is 28.6 Å². The predicted molar refractivity (Wildman–Crippen MR) is 90.2 cm³/mol. The van der Waals surface area contributed by atoms with Crippen molar-refractivity contribution in [1.82, 2.24) is 0 Å². The van der Waals surface area contributed by atoms with E-state index in [0.29, 0.717) is 0 Å². The molecular weight excluding hydrogens is 459 g/mol. The van der Waals surface area contributed by atoms with Crippen LogP contribution in [-0.4, -0.2) is 22.8 Å². The Morgan fingerprint density at radius 1 is 0.917 bits per heavy atom. The fourth-order valence-corrected chi connectivity index (χ4v) is 7.58. The summed E-state index contributed by atoms with van der Waals surface area (Å²) in [4.78, 5) is 20.4. The summed E-state index contributed by atoms with van der Waals surface area (Å²) < 4.78 is 36.3. The first kappa shape index (κ1) is 18.2. The normalized spacial score (nSPS) is 11.8. The predicted octanol–water partition coefficient (Wildman–Crippen LogP) is 2.78. The molecule has 24 heavy (non-hydrogen) atoms. The van der Waals surface area contributed by atoms with Gasteiger partial charge in [0.2, 0.25) is 0 Å². The van der Waals surface area contributed by atoms with Crippen molar-refractivity contribution in [2.24, 2.45) is 0 Å². The van der Waals surface area contributed by atoms with Gasteiger partial charge in [-0.05, 0) is 0 Å². The van der Waals surface area contributed by atoms with Crippen molar-refractivity contribution >= 4 is 42.0 Å². The molecule has 0 fully saturated rings. The van der Waals surface area contributed by atoms with Crippen molar-refractivity contribution in [3.05, 3.63) is 75.9 Å². The Hall–Kier alpha value is -2.16. The number of hydrogen-bond acceptors (Lipinski definition) is 7. The molecule has 0 radical (unpaired) electrons. The molecule has 128 valence electrons. The first-order chi connectivity index (χ1) is 11.2. The summed E-state index contributed by atoms with van der Waals surface area (Å²) in [6.07, 6.45) is 0. The number of benzene rings is 2. The van der Waals surface area contributed by atoms with Gasteiger partial charge in [0.15, 0.2) is 0 Å². The van der Waals surface area contributed by atoms with Crippen LogP contribution in [0.25, 0.3) is 0 Å². The van der Waals surface area contributed by atoms with Crippen LogP contribution in [0.5, 0.6) is 0 Å². The Morgan fingerprint density at radius 2 is 1.33 bits per heavy atom. The monoisotopic (exact) mass is 468 g/mol. The minimum atomic E-state index is -4.86. The molecule has 0 aliphatic rings. The van der Waals surface area contributed by atoms with E-state index in [0.717, 1.165) is 12.1 Å². The van der Waals surface area contributed by atoms with Gasteiger partial charge in [-0.3, -0.25) is 0 Å². The second-order valence-electron chi connectivity index (χ2n) is 4.21. The number of nitrogens with zero attached hydrogens (tertiary/aromatic N) is 2. The van der Waals surface area contributed by atoms with Crippen molar-refractivity contribution in [3.63, 3.8) is 0 Å². The van der Waals surface area contributed by atoms with Crippen LogP contribution in [0, 0.1) is 27.4 Å². The maximum atomic E-state index is 11.1. The quantitative estimate of drug-likeness (QED) is 0.294. The molecule has 0 aromatic heterocycles. The summed E-state index contributed by atoms with van der Waals surface area (Å²) in [7, 11) is -4.86. The van der Waals surface area contributed by atoms with Gasteiger partial charge in [-0.25, -0.2) is 0 Å². The number of halogens is 1. The molecule has 0 heterocycles. The topological polar surface area (TPSA) is 150 Å². The zero-order chi connectivity index (χ0) is 17.9. The molecule has 2 rings (SSSR count). The fourth-order valence-electron chi connectivity index (χ4n) is 1.67. The Labute approximate surface area is 143 Å². The van der Waals surface area contributed by atoms with E-state index in [1.54, 1.807) is 0 Å². The molecule has 0 aliphatic carbocycles. The van der Waals surface area contributed by atoms with E-state index in [1.807, 2.05) is 0 Å². The van der Waals surface area contributed by atoms with Gasteiger partial charge in [-0.2, -0.15) is 0 Å². The SMILES string of the molecule is O=[N+]([O-])c1cccc(I(OS(=O)(=O)O)c2cccc([N+](=O)[O-])c2)c1. The fraction of sp³-hybridized carbons (Fsp3) is 0. The summed E-state index contributed by atoms with van der Waals surface area (Å²) >= 11 is -3.38. The Balaban J connectivity index is 2.57. The first-order valence-electron chi connectivity index (χ1n) is 6.04. The van der Waals surface area contributed by atoms with Crippen LogP contribution < -0.4 is 0 Å². The molecular formula is C12H9IN2O8S. The summed E-state index contributed by atoms with van der Waals surface area (Å²) in [6, 6.07) is 10.1. The molecule has 0 saturated heterocycles. The van der Waals surface area contributed by atoms with Crippen LogP contribution in [0.15, 0.2) is 48.5 Å². The van der Waals surface area contributed by atoms with E-state index >= 15 is 0 Å². The zero-order valence-electron chi connectivity index (χ0n) is 11.6. The minimum absolute atomic E-state index is 0.187. The van der Waals surface area contributed by atoms with Crippen molar-refractivity contribution in [2.45, 2.75) is 0 Å². The molecule has 12 heteroatoms. The Bertz CT molecular complexity index is 844. The molecule has 0 atom stereocenters. The summed E-state index contributed by atoms with van der Waals surface area (Å²) in [5.74, 6) is 0. The maximum absolute atomic E-state index is 11.1. The summed E-state index contributed by atoms with van der Waals surface area (Å²) in [5.41, 5.74) is -0.585. The van der Waals surface area contributed by atoms with Gasteiger partial charge in [0.25, 0.3) is 0 Å². The van der Waals surface area contributed by atoms with Crippen LogP contribution in [0.1, 0.15) is 0 Å². The van der Waals surface area contributed by atoms with Crippen molar-refractivity contribution in [3.8, 4) is 0 Å². The molecule has 10 nitrogen and oxygen atoms in total. The third-order valence-electron chi connectivity index (χ3n) is 2.58. The number of nitro benzene ring substituents is 2. The van der Waals surface area contributed by atoms with Crippen LogP contribution in [-0.2, 0) is 12.9 Å². The van der Waals surface area contributed by atoms with Crippen LogP contribution in [0.4, 0.5) is 11.4 Å². The van der Waals surface area contributed by atoms with Gasteiger partial charge < -0.3 is 0 Å².